The number of hydrogen-bond donors (Lipinski definition) is 0. The zero-order chi connectivity index (χ0) is 19.3. The molecule has 0 aliphatic carbocycles. The average molecular weight is 453 g/mol. The lowest BCUT2D eigenvalue weighted by molar-refractivity contribution is 0.171. The topological polar surface area (TPSA) is 53.5 Å². The van der Waals surface area contributed by atoms with Gasteiger partial charge in [0, 0.05) is 11.5 Å². The summed E-state index contributed by atoms with van der Waals surface area (Å²) < 4.78 is 18.3. The van der Waals surface area contributed by atoms with Crippen molar-refractivity contribution in [2.75, 3.05) is 20.3 Å². The van der Waals surface area contributed by atoms with Crippen LogP contribution in [-0.2, 0) is 11.5 Å². The van der Waals surface area contributed by atoms with Crippen LogP contribution in [-0.4, -0.2) is 30.5 Å². The van der Waals surface area contributed by atoms with Gasteiger partial charge in [-0.3, -0.25) is 0 Å². The molecule has 0 N–H and O–H groups in total. The molecule has 2 aromatic carbocycles. The maximum absolute atomic E-state index is 6.30. The van der Waals surface area contributed by atoms with Gasteiger partial charge in [-0.2, -0.15) is 0 Å². The van der Waals surface area contributed by atoms with Crippen LogP contribution in [0.1, 0.15) is 11.1 Å². The van der Waals surface area contributed by atoms with E-state index in [1.165, 1.54) is 5.56 Å². The van der Waals surface area contributed by atoms with Crippen LogP contribution in [0.3, 0.4) is 0 Å². The van der Waals surface area contributed by atoms with Crippen LogP contribution in [0.5, 0.6) is 17.2 Å². The van der Waals surface area contributed by atoms with Crippen molar-refractivity contribution < 1.29 is 14.2 Å². The van der Waals surface area contributed by atoms with Crippen LogP contribution in [0, 0.1) is 0 Å². The molecule has 0 unspecified atom stereocenters. The van der Waals surface area contributed by atoms with E-state index in [-0.39, 0.29) is 0 Å². The maximum atomic E-state index is 6.30. The zero-order valence-corrected chi connectivity index (χ0v) is 18.2. The number of halogens is 1. The Hall–Kier alpha value is -1.61. The molecule has 3 aromatic rings. The molecule has 0 radical (unpaired) electrons. The number of benzene rings is 2. The van der Waals surface area contributed by atoms with E-state index in [1.807, 2.05) is 24.3 Å². The molecule has 5 nitrogen and oxygen atoms in total. The van der Waals surface area contributed by atoms with Crippen molar-refractivity contribution in [2.45, 2.75) is 20.2 Å². The van der Waals surface area contributed by atoms with Crippen LogP contribution in [0.4, 0.5) is 0 Å². The Labute approximate surface area is 180 Å². The number of thioether (sulfide) groups is 2. The summed E-state index contributed by atoms with van der Waals surface area (Å²) in [6.07, 6.45) is 0. The number of ether oxygens (including phenoxy) is 3. The molecule has 4 rings (SSSR count). The highest BCUT2D eigenvalue weighted by Crippen LogP contribution is 2.40. The molecule has 2 heterocycles. The fourth-order valence-corrected chi connectivity index (χ4v) is 5.77. The molecule has 28 heavy (non-hydrogen) atoms. The third-order valence-corrected chi connectivity index (χ3v) is 7.54. The van der Waals surface area contributed by atoms with Crippen molar-refractivity contribution in [1.82, 2.24) is 10.2 Å². The largest absolute Gasteiger partial charge is 0.497 e. The Kier molecular flexibility index (Phi) is 6.51. The number of aromatic nitrogens is 2. The lowest BCUT2D eigenvalue weighted by Gasteiger charge is -2.20. The highest BCUT2D eigenvalue weighted by atomic mass is 35.5. The molecular weight excluding hydrogens is 436 g/mol. The summed E-state index contributed by atoms with van der Waals surface area (Å²) in [4.78, 5) is 0. The smallest absolute Gasteiger partial charge is 0.179 e. The van der Waals surface area contributed by atoms with E-state index in [1.54, 1.807) is 42.0 Å². The van der Waals surface area contributed by atoms with E-state index < -0.39 is 0 Å². The van der Waals surface area contributed by atoms with Gasteiger partial charge in [0.15, 0.2) is 20.2 Å². The summed E-state index contributed by atoms with van der Waals surface area (Å²) in [6, 6.07) is 12.0. The van der Waals surface area contributed by atoms with Gasteiger partial charge in [0.1, 0.15) is 19.0 Å². The lowest BCUT2D eigenvalue weighted by atomic mass is 10.2. The first kappa shape index (κ1) is 19.7. The normalized spacial score (nSPS) is 12.8. The number of nitrogens with zero attached hydrogens (tertiary/aromatic N) is 2. The van der Waals surface area contributed by atoms with Crippen molar-refractivity contribution in [3.63, 3.8) is 0 Å². The molecule has 0 saturated heterocycles. The monoisotopic (exact) mass is 452 g/mol. The number of rotatable bonds is 7. The Bertz CT molecular complexity index is 950. The van der Waals surface area contributed by atoms with Gasteiger partial charge >= 0.3 is 0 Å². The molecule has 0 bridgehead atoms. The van der Waals surface area contributed by atoms with E-state index >= 15 is 0 Å². The summed E-state index contributed by atoms with van der Waals surface area (Å²) >= 11 is 11.2. The van der Waals surface area contributed by atoms with Crippen molar-refractivity contribution in [3.05, 3.63) is 52.5 Å². The summed E-state index contributed by atoms with van der Waals surface area (Å²) in [7, 11) is 1.67. The van der Waals surface area contributed by atoms with Gasteiger partial charge in [-0.25, -0.2) is 0 Å². The summed E-state index contributed by atoms with van der Waals surface area (Å²) in [5.41, 5.74) is 2.29. The minimum atomic E-state index is 0.530. The summed E-state index contributed by atoms with van der Waals surface area (Å²) in [6.45, 7) is 1.08. The molecule has 1 aliphatic heterocycles. The molecule has 0 spiro atoms. The van der Waals surface area contributed by atoms with Gasteiger partial charge in [-0.05, 0) is 35.4 Å². The molecule has 0 fully saturated rings. The minimum Gasteiger partial charge on any atom is -0.497 e. The first-order valence-electron chi connectivity index (χ1n) is 8.51. The molecule has 9 heteroatoms. The molecule has 1 aliphatic rings. The Balaban J connectivity index is 1.33. The molecule has 146 valence electrons. The van der Waals surface area contributed by atoms with Gasteiger partial charge in [0.05, 0.1) is 12.1 Å². The highest BCUT2D eigenvalue weighted by Gasteiger charge is 2.17. The second-order valence-corrected chi connectivity index (χ2v) is 9.69. The molecule has 0 atom stereocenters. The van der Waals surface area contributed by atoms with E-state index in [2.05, 4.69) is 22.3 Å². The van der Waals surface area contributed by atoms with Crippen molar-refractivity contribution in [2.24, 2.45) is 0 Å². The number of hydrogen-bond acceptors (Lipinski definition) is 8. The zero-order valence-electron chi connectivity index (χ0n) is 15.0. The summed E-state index contributed by atoms with van der Waals surface area (Å²) in [5.74, 6) is 3.80. The molecule has 0 amide bonds. The predicted molar refractivity (Wildman–Crippen MR) is 114 cm³/mol. The SMILES string of the molecule is COc1ccc(CSc2nnc(SCc3cc(Cl)c4c(c3)OCCO4)s2)cc1. The third-order valence-electron chi connectivity index (χ3n) is 3.93. The minimum absolute atomic E-state index is 0.530. The second-order valence-electron chi connectivity index (χ2n) is 5.86. The Morgan fingerprint density at radius 3 is 2.39 bits per heavy atom. The molecule has 1 aromatic heterocycles. The lowest BCUT2D eigenvalue weighted by Crippen LogP contribution is -2.15. The van der Waals surface area contributed by atoms with Crippen LogP contribution >= 0.6 is 46.5 Å². The number of fused-ring (bicyclic) bond motifs is 1. The van der Waals surface area contributed by atoms with Gasteiger partial charge in [-0.1, -0.05) is 58.6 Å². The fourth-order valence-electron chi connectivity index (χ4n) is 2.57. The molecule has 0 saturated carbocycles. The standard InChI is InChI=1S/C19H17ClN2O3S3/c1-23-14-4-2-12(3-5-14)10-26-18-21-22-19(28-18)27-11-13-8-15(20)17-16(9-13)24-6-7-25-17/h2-5,8-9H,6-7,10-11H2,1H3. The average Bonchev–Trinajstić information content (AvgIpc) is 3.19. The van der Waals surface area contributed by atoms with Crippen LogP contribution in [0.15, 0.2) is 45.1 Å². The van der Waals surface area contributed by atoms with Crippen LogP contribution in [0.2, 0.25) is 5.02 Å². The van der Waals surface area contributed by atoms with E-state index in [0.717, 1.165) is 31.5 Å². The third kappa shape index (κ3) is 4.86. The van der Waals surface area contributed by atoms with Crippen molar-refractivity contribution >= 4 is 46.5 Å². The maximum Gasteiger partial charge on any atom is 0.179 e. The quantitative estimate of drug-likeness (QED) is 0.435. The number of methoxy groups -OCH3 is 1. The van der Waals surface area contributed by atoms with Gasteiger partial charge in [0.2, 0.25) is 0 Å². The highest BCUT2D eigenvalue weighted by molar-refractivity contribution is 8.02. The van der Waals surface area contributed by atoms with Crippen molar-refractivity contribution in [1.29, 1.82) is 0 Å². The second kappa shape index (κ2) is 9.26. The van der Waals surface area contributed by atoms with Crippen LogP contribution in [0.25, 0.3) is 0 Å². The van der Waals surface area contributed by atoms with Crippen molar-refractivity contribution in [3.8, 4) is 17.2 Å². The van der Waals surface area contributed by atoms with Gasteiger partial charge in [0.25, 0.3) is 0 Å². The van der Waals surface area contributed by atoms with E-state index in [9.17, 15) is 0 Å². The Morgan fingerprint density at radius 1 is 1.00 bits per heavy atom. The van der Waals surface area contributed by atoms with Gasteiger partial charge in [-0.15, -0.1) is 10.2 Å². The fraction of sp³-hybridized carbons (Fsp3) is 0.263. The first-order valence-corrected chi connectivity index (χ1v) is 11.7. The van der Waals surface area contributed by atoms with Crippen LogP contribution < -0.4 is 14.2 Å². The van der Waals surface area contributed by atoms with E-state index in [4.69, 9.17) is 25.8 Å². The first-order chi connectivity index (χ1) is 13.7. The van der Waals surface area contributed by atoms with E-state index in [0.29, 0.717) is 29.7 Å². The molecular formula is C19H17ClN2O3S3. The summed E-state index contributed by atoms with van der Waals surface area (Å²) in [5, 5.41) is 9.15. The van der Waals surface area contributed by atoms with Gasteiger partial charge < -0.3 is 14.2 Å². The Morgan fingerprint density at radius 2 is 1.68 bits per heavy atom. The predicted octanol–water partition coefficient (Wildman–Crippen LogP) is 5.56.